The van der Waals surface area contributed by atoms with Crippen molar-refractivity contribution >= 4 is 32.6 Å². The van der Waals surface area contributed by atoms with Crippen LogP contribution < -0.4 is 0 Å². The highest BCUT2D eigenvalue weighted by atomic mass is 79.9. The number of hydrogen-bond acceptors (Lipinski definition) is 1. The Labute approximate surface area is 157 Å². The van der Waals surface area contributed by atoms with E-state index in [4.69, 9.17) is 0 Å². The fraction of sp³-hybridized carbons (Fsp3) is 0.176. The molecule has 0 aliphatic carbocycles. The van der Waals surface area contributed by atoms with Gasteiger partial charge in [0.2, 0.25) is 0 Å². The molecule has 0 aliphatic rings. The van der Waals surface area contributed by atoms with Gasteiger partial charge in [-0.3, -0.25) is 0 Å². The van der Waals surface area contributed by atoms with E-state index >= 15 is 0 Å². The first-order valence-corrected chi connectivity index (χ1v) is 8.53. The molecule has 0 saturated carbocycles. The van der Waals surface area contributed by atoms with Crippen LogP contribution in [0.5, 0.6) is 0 Å². The van der Waals surface area contributed by atoms with E-state index in [1.165, 1.54) is 11.8 Å². The maximum Gasteiger partial charge on any atom is 0.435 e. The summed E-state index contributed by atoms with van der Waals surface area (Å²) in [5, 5.41) is 0. The summed E-state index contributed by atoms with van der Waals surface area (Å²) >= 11 is 4.45. The standard InChI is InChI=1S/C17H10BrF7S/c1-10(26-14-4-2-3-13(18)9-14)11-5-7-12(8-6-11)15(19,16(20,21)22)17(23,24)25/h2-9H,1H2. The lowest BCUT2D eigenvalue weighted by atomic mass is 9.93. The molecule has 0 N–H and O–H groups in total. The average molecular weight is 459 g/mol. The van der Waals surface area contributed by atoms with Crippen LogP contribution in [0, 0.1) is 0 Å². The third-order valence-corrected chi connectivity index (χ3v) is 4.89. The first kappa shape index (κ1) is 20.8. The van der Waals surface area contributed by atoms with Crippen LogP contribution in [0.4, 0.5) is 30.7 Å². The molecule has 26 heavy (non-hydrogen) atoms. The minimum Gasteiger partial charge on any atom is -0.218 e. The van der Waals surface area contributed by atoms with Gasteiger partial charge in [0.1, 0.15) is 0 Å². The fourth-order valence-corrected chi connectivity index (χ4v) is 3.53. The van der Waals surface area contributed by atoms with Crippen LogP contribution in [-0.4, -0.2) is 12.4 Å². The van der Waals surface area contributed by atoms with Crippen molar-refractivity contribution in [3.05, 3.63) is 70.7 Å². The van der Waals surface area contributed by atoms with E-state index in [2.05, 4.69) is 22.5 Å². The van der Waals surface area contributed by atoms with E-state index in [0.29, 0.717) is 17.0 Å². The topological polar surface area (TPSA) is 0 Å². The predicted octanol–water partition coefficient (Wildman–Crippen LogP) is 7.50. The Balaban J connectivity index is 2.31. The molecule has 0 saturated heterocycles. The molecule has 0 spiro atoms. The number of alkyl halides is 7. The van der Waals surface area contributed by atoms with Gasteiger partial charge in [-0.2, -0.15) is 26.3 Å². The van der Waals surface area contributed by atoms with Gasteiger partial charge in [-0.25, -0.2) is 4.39 Å². The van der Waals surface area contributed by atoms with E-state index in [1.807, 2.05) is 0 Å². The summed E-state index contributed by atoms with van der Waals surface area (Å²) in [4.78, 5) is 1.15. The zero-order chi connectivity index (χ0) is 19.8. The van der Waals surface area contributed by atoms with Crippen molar-refractivity contribution in [1.29, 1.82) is 0 Å². The van der Waals surface area contributed by atoms with Gasteiger partial charge in [-0.05, 0) is 23.8 Å². The summed E-state index contributed by atoms with van der Waals surface area (Å²) < 4.78 is 91.3. The number of benzene rings is 2. The monoisotopic (exact) mass is 458 g/mol. The molecule has 0 fully saturated rings. The third-order valence-electron chi connectivity index (χ3n) is 3.42. The normalized spacial score (nSPS) is 12.9. The first-order valence-electron chi connectivity index (χ1n) is 6.92. The molecular weight excluding hydrogens is 449 g/mol. The largest absolute Gasteiger partial charge is 0.435 e. The van der Waals surface area contributed by atoms with Crippen molar-refractivity contribution in [3.8, 4) is 0 Å². The average Bonchev–Trinajstić information content (AvgIpc) is 2.52. The number of rotatable bonds is 4. The molecule has 0 bridgehead atoms. The Kier molecular flexibility index (Phi) is 5.82. The quantitative estimate of drug-likeness (QED) is 0.337. The van der Waals surface area contributed by atoms with Gasteiger partial charge in [0.25, 0.3) is 0 Å². The van der Waals surface area contributed by atoms with Crippen molar-refractivity contribution in [2.24, 2.45) is 0 Å². The van der Waals surface area contributed by atoms with Gasteiger partial charge in [-0.1, -0.05) is 64.6 Å². The summed E-state index contributed by atoms with van der Waals surface area (Å²) in [6, 6.07) is 9.98. The molecule has 0 amide bonds. The molecule has 0 radical (unpaired) electrons. The van der Waals surface area contributed by atoms with Crippen LogP contribution in [0.15, 0.2) is 64.5 Å². The van der Waals surface area contributed by atoms with E-state index in [-0.39, 0.29) is 5.56 Å². The van der Waals surface area contributed by atoms with Crippen molar-refractivity contribution in [2.75, 3.05) is 0 Å². The van der Waals surface area contributed by atoms with Crippen LogP contribution >= 0.6 is 27.7 Å². The SMILES string of the molecule is C=C(Sc1cccc(Br)c1)c1ccc(C(F)(C(F)(F)F)C(F)(F)F)cc1. The van der Waals surface area contributed by atoms with E-state index in [1.54, 1.807) is 24.3 Å². The van der Waals surface area contributed by atoms with Crippen molar-refractivity contribution in [2.45, 2.75) is 22.9 Å². The van der Waals surface area contributed by atoms with Crippen LogP contribution in [-0.2, 0) is 5.67 Å². The second-order valence-electron chi connectivity index (χ2n) is 5.21. The molecule has 0 nitrogen and oxygen atoms in total. The second kappa shape index (κ2) is 7.26. The van der Waals surface area contributed by atoms with Crippen LogP contribution in [0.25, 0.3) is 4.91 Å². The van der Waals surface area contributed by atoms with Gasteiger partial charge in [0, 0.05) is 19.8 Å². The minimum absolute atomic E-state index is 0.283. The van der Waals surface area contributed by atoms with Crippen molar-refractivity contribution in [1.82, 2.24) is 0 Å². The summed E-state index contributed by atoms with van der Waals surface area (Å²) in [6.45, 7) is 3.75. The van der Waals surface area contributed by atoms with Crippen molar-refractivity contribution in [3.63, 3.8) is 0 Å². The number of halogens is 8. The maximum atomic E-state index is 14.0. The predicted molar refractivity (Wildman–Crippen MR) is 90.4 cm³/mol. The molecule has 2 aromatic rings. The molecule has 140 valence electrons. The lowest BCUT2D eigenvalue weighted by Gasteiger charge is -2.30. The molecule has 2 aromatic carbocycles. The fourth-order valence-electron chi connectivity index (χ4n) is 2.11. The van der Waals surface area contributed by atoms with E-state index in [0.717, 1.165) is 21.5 Å². The molecule has 9 heteroatoms. The maximum absolute atomic E-state index is 14.0. The van der Waals surface area contributed by atoms with Gasteiger partial charge in [-0.15, -0.1) is 0 Å². The second-order valence-corrected chi connectivity index (χ2v) is 7.30. The summed E-state index contributed by atoms with van der Waals surface area (Å²) in [5.74, 6) is 0. The van der Waals surface area contributed by atoms with E-state index < -0.39 is 23.6 Å². The third kappa shape index (κ3) is 4.09. The molecule has 0 heterocycles. The Morgan fingerprint density at radius 2 is 1.38 bits per heavy atom. The minimum atomic E-state index is -6.13. The molecule has 0 unspecified atom stereocenters. The molecule has 0 aliphatic heterocycles. The van der Waals surface area contributed by atoms with Gasteiger partial charge in [0.15, 0.2) is 0 Å². The Morgan fingerprint density at radius 3 is 1.85 bits per heavy atom. The Hall–Kier alpha value is -1.48. The highest BCUT2D eigenvalue weighted by Crippen LogP contribution is 2.53. The summed E-state index contributed by atoms with van der Waals surface area (Å²) in [5.41, 5.74) is -6.68. The molecule has 2 rings (SSSR count). The molecule has 0 aromatic heterocycles. The lowest BCUT2D eigenvalue weighted by molar-refractivity contribution is -0.348. The Morgan fingerprint density at radius 1 is 0.846 bits per heavy atom. The first-order chi connectivity index (χ1) is 11.9. The molecular formula is C17H10BrF7S. The van der Waals surface area contributed by atoms with Gasteiger partial charge >= 0.3 is 18.0 Å². The molecule has 0 atom stereocenters. The smallest absolute Gasteiger partial charge is 0.218 e. The van der Waals surface area contributed by atoms with Crippen molar-refractivity contribution < 1.29 is 30.7 Å². The van der Waals surface area contributed by atoms with E-state index in [9.17, 15) is 30.7 Å². The lowest BCUT2D eigenvalue weighted by Crippen LogP contribution is -2.50. The van der Waals surface area contributed by atoms with Crippen LogP contribution in [0.3, 0.4) is 0 Å². The van der Waals surface area contributed by atoms with Gasteiger partial charge < -0.3 is 0 Å². The highest BCUT2D eigenvalue weighted by Gasteiger charge is 2.73. The van der Waals surface area contributed by atoms with Crippen LogP contribution in [0.2, 0.25) is 0 Å². The summed E-state index contributed by atoms with van der Waals surface area (Å²) in [7, 11) is 0. The number of hydrogen-bond donors (Lipinski definition) is 0. The zero-order valence-electron chi connectivity index (χ0n) is 12.8. The number of thioether (sulfide) groups is 1. The van der Waals surface area contributed by atoms with Gasteiger partial charge in [0.05, 0.1) is 0 Å². The Bertz CT molecular complexity index is 780. The highest BCUT2D eigenvalue weighted by molar-refractivity contribution is 9.10. The zero-order valence-corrected chi connectivity index (χ0v) is 15.2. The summed E-state index contributed by atoms with van der Waals surface area (Å²) in [6.07, 6.45) is -12.3. The van der Waals surface area contributed by atoms with Crippen LogP contribution in [0.1, 0.15) is 11.1 Å².